The highest BCUT2D eigenvalue weighted by Crippen LogP contribution is 2.35. The third kappa shape index (κ3) is 2.72. The van der Waals surface area contributed by atoms with E-state index in [0.717, 1.165) is 5.56 Å². The number of nitrogens with two attached hydrogens (primary N) is 1. The fraction of sp³-hybridized carbons (Fsp3) is 0.636. The number of piperidine rings is 1. The van der Waals surface area contributed by atoms with Gasteiger partial charge in [0.2, 0.25) is 0 Å². The summed E-state index contributed by atoms with van der Waals surface area (Å²) in [6, 6.07) is 1.75. The highest BCUT2D eigenvalue weighted by atomic mass is 19.4. The van der Waals surface area contributed by atoms with Gasteiger partial charge >= 0.3 is 6.18 Å². The van der Waals surface area contributed by atoms with Crippen molar-refractivity contribution in [2.45, 2.75) is 25.6 Å². The Hall–Kier alpha value is -1.37. The number of anilines is 1. The van der Waals surface area contributed by atoms with E-state index >= 15 is 0 Å². The summed E-state index contributed by atoms with van der Waals surface area (Å²) in [5.41, 5.74) is 6.39. The van der Waals surface area contributed by atoms with Crippen LogP contribution in [-0.2, 0) is 6.54 Å². The minimum absolute atomic E-state index is 0.101. The molecule has 2 rings (SSSR count). The van der Waals surface area contributed by atoms with Crippen LogP contribution < -0.4 is 10.6 Å². The molecule has 0 saturated carbocycles. The van der Waals surface area contributed by atoms with Gasteiger partial charge < -0.3 is 10.6 Å². The van der Waals surface area contributed by atoms with E-state index in [1.807, 2.05) is 4.90 Å². The Bertz CT molecular complexity index is 400. The molecule has 1 saturated heterocycles. The average Bonchev–Trinajstić information content (AvgIpc) is 2.38. The summed E-state index contributed by atoms with van der Waals surface area (Å²) in [4.78, 5) is 1.83. The van der Waals surface area contributed by atoms with Crippen LogP contribution in [0.3, 0.4) is 0 Å². The molecule has 2 N–H and O–H groups in total. The Labute approximate surface area is 103 Å². The molecule has 0 radical (unpaired) electrons. The Balaban J connectivity index is 2.06. The molecule has 18 heavy (non-hydrogen) atoms. The lowest BCUT2D eigenvalue weighted by molar-refractivity contribution is -0.179. The summed E-state index contributed by atoms with van der Waals surface area (Å²) in [6.45, 7) is 0.996. The summed E-state index contributed by atoms with van der Waals surface area (Å²) in [5, 5.41) is 7.74. The van der Waals surface area contributed by atoms with Gasteiger partial charge in [-0.1, -0.05) is 0 Å². The largest absolute Gasteiger partial charge is 0.391 e. The first-order valence-electron chi connectivity index (χ1n) is 5.84. The van der Waals surface area contributed by atoms with Gasteiger partial charge in [0.1, 0.15) is 0 Å². The molecule has 7 heteroatoms. The van der Waals surface area contributed by atoms with Crippen molar-refractivity contribution >= 4 is 5.82 Å². The maximum absolute atomic E-state index is 12.5. The van der Waals surface area contributed by atoms with Crippen LogP contribution in [0.5, 0.6) is 0 Å². The molecule has 0 spiro atoms. The molecule has 0 bridgehead atoms. The van der Waals surface area contributed by atoms with Gasteiger partial charge in [-0.3, -0.25) is 0 Å². The summed E-state index contributed by atoms with van der Waals surface area (Å²) < 4.78 is 37.6. The zero-order chi connectivity index (χ0) is 13.2. The number of nitrogens with zero attached hydrogens (tertiary/aromatic N) is 3. The van der Waals surface area contributed by atoms with Gasteiger partial charge in [-0.15, -0.1) is 5.10 Å². The van der Waals surface area contributed by atoms with Crippen molar-refractivity contribution < 1.29 is 13.2 Å². The zero-order valence-electron chi connectivity index (χ0n) is 9.82. The molecule has 0 aliphatic carbocycles. The minimum Gasteiger partial charge on any atom is -0.355 e. The van der Waals surface area contributed by atoms with Crippen LogP contribution in [0.15, 0.2) is 12.3 Å². The van der Waals surface area contributed by atoms with Crippen molar-refractivity contribution in [2.24, 2.45) is 11.7 Å². The number of hydrogen-bond acceptors (Lipinski definition) is 4. The number of aromatic nitrogens is 2. The number of alkyl halides is 3. The van der Waals surface area contributed by atoms with Crippen molar-refractivity contribution in [3.63, 3.8) is 0 Å². The summed E-state index contributed by atoms with van der Waals surface area (Å²) in [7, 11) is 0. The standard InChI is InChI=1S/C11H15F3N4/c12-11(13,14)9-2-5-18(6-3-9)10-8(7-15)1-4-16-17-10/h1,4,9H,2-3,5-7,15H2. The van der Waals surface area contributed by atoms with Crippen molar-refractivity contribution in [3.8, 4) is 0 Å². The van der Waals surface area contributed by atoms with E-state index in [1.54, 1.807) is 6.07 Å². The third-order valence-corrected chi connectivity index (χ3v) is 3.26. The second kappa shape index (κ2) is 5.09. The molecule has 0 aromatic carbocycles. The van der Waals surface area contributed by atoms with E-state index in [0.29, 0.717) is 25.5 Å². The molecule has 0 atom stereocenters. The second-order valence-electron chi connectivity index (χ2n) is 4.39. The lowest BCUT2D eigenvalue weighted by Gasteiger charge is -2.34. The topological polar surface area (TPSA) is 55.0 Å². The SMILES string of the molecule is NCc1ccnnc1N1CCC(C(F)(F)F)CC1. The minimum atomic E-state index is -4.09. The van der Waals surface area contributed by atoms with Crippen molar-refractivity contribution in [1.29, 1.82) is 0 Å². The predicted molar refractivity (Wildman–Crippen MR) is 60.9 cm³/mol. The molecule has 1 aromatic heterocycles. The van der Waals surface area contributed by atoms with Gasteiger partial charge in [-0.2, -0.15) is 18.3 Å². The number of halogens is 3. The van der Waals surface area contributed by atoms with Gasteiger partial charge in [0.25, 0.3) is 0 Å². The van der Waals surface area contributed by atoms with Crippen LogP contribution >= 0.6 is 0 Å². The van der Waals surface area contributed by atoms with Crippen molar-refractivity contribution in [3.05, 3.63) is 17.8 Å². The lowest BCUT2D eigenvalue weighted by Crippen LogP contribution is -2.40. The van der Waals surface area contributed by atoms with Gasteiger partial charge in [-0.25, -0.2) is 0 Å². The van der Waals surface area contributed by atoms with E-state index in [4.69, 9.17) is 5.73 Å². The molecule has 1 fully saturated rings. The van der Waals surface area contributed by atoms with Crippen molar-refractivity contribution in [2.75, 3.05) is 18.0 Å². The summed E-state index contributed by atoms with van der Waals surface area (Å²) >= 11 is 0. The van der Waals surface area contributed by atoms with E-state index in [2.05, 4.69) is 10.2 Å². The molecule has 1 aliphatic rings. The molecular weight excluding hydrogens is 245 g/mol. The molecule has 0 unspecified atom stereocenters. The molecular formula is C11H15F3N4. The van der Waals surface area contributed by atoms with E-state index < -0.39 is 12.1 Å². The van der Waals surface area contributed by atoms with E-state index in [9.17, 15) is 13.2 Å². The van der Waals surface area contributed by atoms with Crippen LogP contribution in [0.1, 0.15) is 18.4 Å². The quantitative estimate of drug-likeness (QED) is 0.879. The Kier molecular flexibility index (Phi) is 3.70. The monoisotopic (exact) mass is 260 g/mol. The fourth-order valence-electron chi connectivity index (χ4n) is 2.19. The molecule has 1 aliphatic heterocycles. The van der Waals surface area contributed by atoms with E-state index in [1.165, 1.54) is 6.20 Å². The van der Waals surface area contributed by atoms with E-state index in [-0.39, 0.29) is 12.8 Å². The number of hydrogen-bond donors (Lipinski definition) is 1. The first-order valence-corrected chi connectivity index (χ1v) is 5.84. The number of rotatable bonds is 2. The molecule has 0 amide bonds. The molecule has 2 heterocycles. The first-order chi connectivity index (χ1) is 8.52. The highest BCUT2D eigenvalue weighted by molar-refractivity contribution is 5.45. The van der Waals surface area contributed by atoms with Gasteiger partial charge in [0.15, 0.2) is 5.82 Å². The summed E-state index contributed by atoms with van der Waals surface area (Å²) in [5.74, 6) is -0.590. The normalized spacial score (nSPS) is 18.1. The second-order valence-corrected chi connectivity index (χ2v) is 4.39. The third-order valence-electron chi connectivity index (χ3n) is 3.26. The average molecular weight is 260 g/mol. The highest BCUT2D eigenvalue weighted by Gasteiger charge is 2.41. The van der Waals surface area contributed by atoms with Gasteiger partial charge in [0.05, 0.1) is 12.1 Å². The Morgan fingerprint density at radius 3 is 2.56 bits per heavy atom. The fourth-order valence-corrected chi connectivity index (χ4v) is 2.19. The van der Waals surface area contributed by atoms with Gasteiger partial charge in [-0.05, 0) is 18.9 Å². The smallest absolute Gasteiger partial charge is 0.355 e. The predicted octanol–water partition coefficient (Wildman–Crippen LogP) is 1.71. The molecule has 4 nitrogen and oxygen atoms in total. The van der Waals surface area contributed by atoms with Crippen LogP contribution in [0.25, 0.3) is 0 Å². The van der Waals surface area contributed by atoms with Crippen LogP contribution in [0, 0.1) is 5.92 Å². The van der Waals surface area contributed by atoms with Crippen molar-refractivity contribution in [1.82, 2.24) is 10.2 Å². The van der Waals surface area contributed by atoms with Crippen LogP contribution in [-0.4, -0.2) is 29.5 Å². The van der Waals surface area contributed by atoms with Crippen LogP contribution in [0.2, 0.25) is 0 Å². The Morgan fingerprint density at radius 1 is 1.33 bits per heavy atom. The lowest BCUT2D eigenvalue weighted by atomic mass is 9.96. The maximum atomic E-state index is 12.5. The first kappa shape index (κ1) is 13.1. The summed E-state index contributed by atoms with van der Waals surface area (Å²) in [6.07, 6.45) is -2.35. The van der Waals surface area contributed by atoms with Gasteiger partial charge in [0, 0.05) is 25.2 Å². The zero-order valence-corrected chi connectivity index (χ0v) is 9.82. The molecule has 1 aromatic rings. The van der Waals surface area contributed by atoms with Crippen LogP contribution in [0.4, 0.5) is 19.0 Å². The molecule has 100 valence electrons. The maximum Gasteiger partial charge on any atom is 0.391 e. The Morgan fingerprint density at radius 2 is 2.00 bits per heavy atom.